The fourth-order valence-corrected chi connectivity index (χ4v) is 3.37. The smallest absolute Gasteiger partial charge is 0.209 e. The van der Waals surface area contributed by atoms with Crippen molar-refractivity contribution in [2.24, 2.45) is 0 Å². The van der Waals surface area contributed by atoms with Crippen LogP contribution in [0.4, 0.5) is 0 Å². The van der Waals surface area contributed by atoms with Crippen LogP contribution in [0, 0.1) is 0 Å². The summed E-state index contributed by atoms with van der Waals surface area (Å²) in [4.78, 5) is 0. The van der Waals surface area contributed by atoms with E-state index in [1.54, 1.807) is 13.2 Å². The van der Waals surface area contributed by atoms with E-state index in [2.05, 4.69) is 10.2 Å². The molecule has 2 N–H and O–H groups in total. The lowest BCUT2D eigenvalue weighted by atomic mass is 10.2. The van der Waals surface area contributed by atoms with Gasteiger partial charge in [-0.2, -0.15) is 0 Å². The van der Waals surface area contributed by atoms with Crippen LogP contribution in [0.5, 0.6) is 11.5 Å². The highest BCUT2D eigenvalue weighted by Gasteiger charge is 2.11. The molecule has 1 heterocycles. The third-order valence-electron chi connectivity index (χ3n) is 3.70. The molecule has 0 aliphatic heterocycles. The standard InChI is InChI=1S/C18H19ClN4O2S/c1-24-14-6-4-7-15(11-14)25-12-17-21-22-18(23(17)20)26-10-9-13-5-2-3-8-16(13)19/h2-8,11H,9-10,12,20H2,1H3. The second kappa shape index (κ2) is 8.82. The van der Waals surface area contributed by atoms with E-state index in [-0.39, 0.29) is 6.61 Å². The maximum atomic E-state index is 6.17. The Bertz CT molecular complexity index is 872. The number of ether oxygens (including phenoxy) is 2. The van der Waals surface area contributed by atoms with Gasteiger partial charge in [-0.1, -0.05) is 47.6 Å². The number of aryl methyl sites for hydroxylation is 1. The van der Waals surface area contributed by atoms with Gasteiger partial charge in [0.05, 0.1) is 7.11 Å². The zero-order chi connectivity index (χ0) is 18.4. The van der Waals surface area contributed by atoms with Gasteiger partial charge in [0, 0.05) is 16.8 Å². The Hall–Kier alpha value is -2.38. The molecule has 0 saturated heterocycles. The Morgan fingerprint density at radius 3 is 2.73 bits per heavy atom. The first-order valence-electron chi connectivity index (χ1n) is 8.00. The molecule has 3 aromatic rings. The maximum absolute atomic E-state index is 6.17. The average molecular weight is 391 g/mol. The van der Waals surface area contributed by atoms with Gasteiger partial charge in [0.15, 0.2) is 5.82 Å². The summed E-state index contributed by atoms with van der Waals surface area (Å²) in [7, 11) is 1.61. The molecular formula is C18H19ClN4O2S. The highest BCUT2D eigenvalue weighted by molar-refractivity contribution is 7.99. The van der Waals surface area contributed by atoms with Crippen molar-refractivity contribution < 1.29 is 9.47 Å². The minimum atomic E-state index is 0.224. The topological polar surface area (TPSA) is 75.2 Å². The molecule has 0 amide bonds. The summed E-state index contributed by atoms with van der Waals surface area (Å²) >= 11 is 7.70. The minimum Gasteiger partial charge on any atom is -0.497 e. The second-order valence-corrected chi connectivity index (χ2v) is 6.90. The van der Waals surface area contributed by atoms with Crippen molar-refractivity contribution in [1.29, 1.82) is 0 Å². The van der Waals surface area contributed by atoms with E-state index in [0.29, 0.717) is 16.7 Å². The lowest BCUT2D eigenvalue weighted by Gasteiger charge is -2.08. The number of nitrogens with zero attached hydrogens (tertiary/aromatic N) is 3. The van der Waals surface area contributed by atoms with Crippen molar-refractivity contribution in [3.8, 4) is 11.5 Å². The van der Waals surface area contributed by atoms with Crippen molar-refractivity contribution >= 4 is 23.4 Å². The molecule has 0 aliphatic carbocycles. The van der Waals surface area contributed by atoms with E-state index in [4.69, 9.17) is 26.9 Å². The Kier molecular flexibility index (Phi) is 6.25. The number of methoxy groups -OCH3 is 1. The SMILES string of the molecule is COc1cccc(OCc2nnc(SCCc3ccccc3Cl)n2N)c1. The summed E-state index contributed by atoms with van der Waals surface area (Å²) < 4.78 is 12.3. The average Bonchev–Trinajstić information content (AvgIpc) is 3.02. The van der Waals surface area contributed by atoms with Crippen molar-refractivity contribution in [1.82, 2.24) is 14.9 Å². The Balaban J connectivity index is 1.55. The van der Waals surface area contributed by atoms with Crippen LogP contribution in [0.15, 0.2) is 53.7 Å². The monoisotopic (exact) mass is 390 g/mol. The predicted octanol–water partition coefficient (Wildman–Crippen LogP) is 3.57. The molecule has 0 atom stereocenters. The number of halogens is 1. The quantitative estimate of drug-likeness (QED) is 0.468. The van der Waals surface area contributed by atoms with Crippen molar-refractivity contribution in [3.05, 3.63) is 64.9 Å². The van der Waals surface area contributed by atoms with Gasteiger partial charge in [0.25, 0.3) is 0 Å². The molecule has 0 radical (unpaired) electrons. The van der Waals surface area contributed by atoms with Gasteiger partial charge in [-0.25, -0.2) is 4.68 Å². The second-order valence-electron chi connectivity index (χ2n) is 5.43. The number of nitrogens with two attached hydrogens (primary N) is 1. The van der Waals surface area contributed by atoms with Gasteiger partial charge in [0.1, 0.15) is 18.1 Å². The van der Waals surface area contributed by atoms with Crippen LogP contribution in [-0.2, 0) is 13.0 Å². The van der Waals surface area contributed by atoms with Crippen molar-refractivity contribution in [2.45, 2.75) is 18.2 Å². The highest BCUT2D eigenvalue weighted by Crippen LogP contribution is 2.22. The maximum Gasteiger partial charge on any atom is 0.209 e. The van der Waals surface area contributed by atoms with Crippen LogP contribution in [0.2, 0.25) is 5.02 Å². The number of hydrogen-bond donors (Lipinski definition) is 1. The molecular weight excluding hydrogens is 372 g/mol. The number of aromatic nitrogens is 3. The molecule has 0 saturated carbocycles. The summed E-state index contributed by atoms with van der Waals surface area (Å²) in [6, 6.07) is 15.2. The number of nitrogen functional groups attached to an aromatic ring is 1. The molecule has 2 aromatic carbocycles. The van der Waals surface area contributed by atoms with Gasteiger partial charge >= 0.3 is 0 Å². The molecule has 0 spiro atoms. The zero-order valence-electron chi connectivity index (χ0n) is 14.3. The summed E-state index contributed by atoms with van der Waals surface area (Å²) in [6.07, 6.45) is 0.826. The Morgan fingerprint density at radius 1 is 1.12 bits per heavy atom. The molecule has 26 heavy (non-hydrogen) atoms. The largest absolute Gasteiger partial charge is 0.497 e. The van der Waals surface area contributed by atoms with Crippen LogP contribution in [0.1, 0.15) is 11.4 Å². The van der Waals surface area contributed by atoms with E-state index in [9.17, 15) is 0 Å². The van der Waals surface area contributed by atoms with Crippen LogP contribution in [0.25, 0.3) is 0 Å². The van der Waals surface area contributed by atoms with Gasteiger partial charge < -0.3 is 15.3 Å². The molecule has 6 nitrogen and oxygen atoms in total. The third kappa shape index (κ3) is 4.62. The number of rotatable bonds is 8. The summed E-state index contributed by atoms with van der Waals surface area (Å²) in [5.41, 5.74) is 1.10. The van der Waals surface area contributed by atoms with E-state index in [1.165, 1.54) is 16.4 Å². The van der Waals surface area contributed by atoms with Crippen LogP contribution in [-0.4, -0.2) is 27.7 Å². The first-order valence-corrected chi connectivity index (χ1v) is 9.36. The molecule has 3 rings (SSSR count). The van der Waals surface area contributed by atoms with E-state index < -0.39 is 0 Å². The van der Waals surface area contributed by atoms with Gasteiger partial charge in [0.2, 0.25) is 5.16 Å². The van der Waals surface area contributed by atoms with Crippen LogP contribution < -0.4 is 15.3 Å². The Labute approximate surface area is 161 Å². The minimum absolute atomic E-state index is 0.224. The van der Waals surface area contributed by atoms with Crippen LogP contribution in [0.3, 0.4) is 0 Å². The first-order chi connectivity index (χ1) is 12.7. The lowest BCUT2D eigenvalue weighted by molar-refractivity contribution is 0.289. The predicted molar refractivity (Wildman–Crippen MR) is 103 cm³/mol. The molecule has 0 fully saturated rings. The summed E-state index contributed by atoms with van der Waals surface area (Å²) in [5.74, 6) is 8.83. The first kappa shape index (κ1) is 18.4. The molecule has 0 bridgehead atoms. The third-order valence-corrected chi connectivity index (χ3v) is 5.02. The summed E-state index contributed by atoms with van der Waals surface area (Å²) in [5, 5.41) is 9.64. The fraction of sp³-hybridized carbons (Fsp3) is 0.222. The van der Waals surface area contributed by atoms with Gasteiger partial charge in [-0.15, -0.1) is 10.2 Å². The molecule has 0 aliphatic rings. The molecule has 136 valence electrons. The molecule has 1 aromatic heterocycles. The van der Waals surface area contributed by atoms with Gasteiger partial charge in [-0.3, -0.25) is 0 Å². The van der Waals surface area contributed by atoms with Gasteiger partial charge in [-0.05, 0) is 30.2 Å². The lowest BCUT2D eigenvalue weighted by Crippen LogP contribution is -2.16. The van der Waals surface area contributed by atoms with E-state index >= 15 is 0 Å². The van der Waals surface area contributed by atoms with E-state index in [0.717, 1.165) is 28.5 Å². The van der Waals surface area contributed by atoms with E-state index in [1.807, 2.05) is 42.5 Å². The van der Waals surface area contributed by atoms with Crippen LogP contribution >= 0.6 is 23.4 Å². The summed E-state index contributed by atoms with van der Waals surface area (Å²) in [6.45, 7) is 0.224. The highest BCUT2D eigenvalue weighted by atomic mass is 35.5. The van der Waals surface area contributed by atoms with Crippen molar-refractivity contribution in [2.75, 3.05) is 18.7 Å². The number of benzene rings is 2. The normalized spacial score (nSPS) is 10.7. The number of thioether (sulfide) groups is 1. The number of hydrogen-bond acceptors (Lipinski definition) is 6. The molecule has 0 unspecified atom stereocenters. The van der Waals surface area contributed by atoms with Crippen molar-refractivity contribution in [3.63, 3.8) is 0 Å². The molecule has 8 heteroatoms. The zero-order valence-corrected chi connectivity index (χ0v) is 15.8. The fourth-order valence-electron chi connectivity index (χ4n) is 2.30. The Morgan fingerprint density at radius 2 is 1.92 bits per heavy atom.